The smallest absolute Gasteiger partial charge is 0.133 e. The topological polar surface area (TPSA) is 80.1 Å². The van der Waals surface area contributed by atoms with E-state index < -0.39 is 0 Å². The summed E-state index contributed by atoms with van der Waals surface area (Å²) in [6, 6.07) is 15.4. The largest absolute Gasteiger partial charge is 0.496 e. The average molecular weight is 495 g/mol. The summed E-state index contributed by atoms with van der Waals surface area (Å²) < 4.78 is 11.6. The van der Waals surface area contributed by atoms with E-state index in [1.807, 2.05) is 36.0 Å². The van der Waals surface area contributed by atoms with Crippen LogP contribution in [0, 0.1) is 4.91 Å². The van der Waals surface area contributed by atoms with Crippen molar-refractivity contribution in [3.8, 4) is 11.5 Å². The molecule has 0 aromatic heterocycles. The number of nitroso groups, excluding NO2 is 1. The monoisotopic (exact) mass is 494 g/mol. The molecular weight excluding hydrogens is 460 g/mol. The number of fused-ring (bicyclic) bond motifs is 1. The van der Waals surface area contributed by atoms with Gasteiger partial charge in [-0.3, -0.25) is 10.7 Å². The minimum Gasteiger partial charge on any atom is -0.496 e. The summed E-state index contributed by atoms with van der Waals surface area (Å²) in [5, 5.41) is 14.2. The summed E-state index contributed by atoms with van der Waals surface area (Å²) >= 11 is 1.84. The van der Waals surface area contributed by atoms with Gasteiger partial charge in [-0.15, -0.1) is 16.7 Å². The lowest BCUT2D eigenvalue weighted by molar-refractivity contribution is 0.388. The molecule has 0 amide bonds. The fraction of sp³-hybridized carbons (Fsp3) is 0.357. The molecular formula is C28H34N2O4S. The summed E-state index contributed by atoms with van der Waals surface area (Å²) in [5.41, 5.74) is 5.01. The predicted octanol–water partition coefficient (Wildman–Crippen LogP) is 8.51. The highest BCUT2D eigenvalue weighted by Crippen LogP contribution is 2.50. The first-order valence-corrected chi connectivity index (χ1v) is 13.0. The summed E-state index contributed by atoms with van der Waals surface area (Å²) in [6.07, 6.45) is 9.92. The van der Waals surface area contributed by atoms with Gasteiger partial charge >= 0.3 is 0 Å². The van der Waals surface area contributed by atoms with Gasteiger partial charge in [-0.2, -0.15) is 0 Å². The van der Waals surface area contributed by atoms with E-state index in [4.69, 9.17) is 9.47 Å². The molecule has 1 atom stereocenters. The second kappa shape index (κ2) is 13.8. The van der Waals surface area contributed by atoms with E-state index in [0.717, 1.165) is 24.2 Å². The van der Waals surface area contributed by atoms with E-state index in [0.29, 0.717) is 28.0 Å². The van der Waals surface area contributed by atoms with Crippen molar-refractivity contribution in [2.45, 2.75) is 44.3 Å². The lowest BCUT2D eigenvalue weighted by atomic mass is 9.97. The van der Waals surface area contributed by atoms with E-state index in [9.17, 15) is 10.1 Å². The highest BCUT2D eigenvalue weighted by molar-refractivity contribution is 7.99. The van der Waals surface area contributed by atoms with Gasteiger partial charge in [0.1, 0.15) is 17.2 Å². The van der Waals surface area contributed by atoms with Crippen molar-refractivity contribution in [1.29, 1.82) is 0 Å². The quantitative estimate of drug-likeness (QED) is 0.133. The molecule has 1 unspecified atom stereocenters. The minimum absolute atomic E-state index is 0.130. The van der Waals surface area contributed by atoms with Crippen LogP contribution in [-0.2, 0) is 0 Å². The number of ether oxygens (including phenoxy) is 2. The Bertz CT molecular complexity index is 1140. The maximum atomic E-state index is 11.7. The minimum atomic E-state index is 0.130. The van der Waals surface area contributed by atoms with Gasteiger partial charge in [0.2, 0.25) is 0 Å². The lowest BCUT2D eigenvalue weighted by Crippen LogP contribution is -2.03. The van der Waals surface area contributed by atoms with Gasteiger partial charge in [-0.25, -0.2) is 0 Å². The lowest BCUT2D eigenvalue weighted by Gasteiger charge is -2.23. The number of benzene rings is 3. The third-order valence-electron chi connectivity index (χ3n) is 6.02. The zero-order valence-electron chi connectivity index (χ0n) is 20.6. The van der Waals surface area contributed by atoms with Gasteiger partial charge in [-0.05, 0) is 35.4 Å². The summed E-state index contributed by atoms with van der Waals surface area (Å²) in [6.45, 7) is 2.21. The van der Waals surface area contributed by atoms with Crippen LogP contribution in [0.2, 0.25) is 0 Å². The fourth-order valence-corrected chi connectivity index (χ4v) is 5.42. The first kappa shape index (κ1) is 26.6. The Kier molecular flexibility index (Phi) is 10.4. The number of nitrogens with one attached hydrogen (secondary N) is 1. The van der Waals surface area contributed by atoms with Crippen molar-refractivity contribution >= 4 is 40.0 Å². The van der Waals surface area contributed by atoms with E-state index in [1.54, 1.807) is 26.4 Å². The molecule has 6 nitrogen and oxygen atoms in total. The van der Waals surface area contributed by atoms with Crippen LogP contribution in [0.4, 0.5) is 11.4 Å². The normalized spacial score (nSPS) is 12.1. The molecule has 0 bridgehead atoms. The first-order valence-electron chi connectivity index (χ1n) is 12.0. The van der Waals surface area contributed by atoms with Gasteiger partial charge in [0.25, 0.3) is 0 Å². The van der Waals surface area contributed by atoms with Crippen LogP contribution in [0.3, 0.4) is 0 Å². The van der Waals surface area contributed by atoms with Crippen LogP contribution >= 0.6 is 11.8 Å². The summed E-state index contributed by atoms with van der Waals surface area (Å²) in [7, 11) is 3.19. The Hall–Kier alpha value is -3.03. The third kappa shape index (κ3) is 6.55. The van der Waals surface area contributed by atoms with Crippen molar-refractivity contribution in [1.82, 2.24) is 0 Å². The first-order chi connectivity index (χ1) is 17.2. The average Bonchev–Trinajstić information content (AvgIpc) is 2.91. The number of thioether (sulfide) groups is 1. The highest BCUT2D eigenvalue weighted by Gasteiger charge is 2.25. The molecule has 0 spiro atoms. The molecule has 0 aliphatic rings. The highest BCUT2D eigenvalue weighted by atomic mass is 32.2. The van der Waals surface area contributed by atoms with Crippen molar-refractivity contribution in [2.75, 3.05) is 25.5 Å². The van der Waals surface area contributed by atoms with E-state index >= 15 is 0 Å². The molecule has 0 heterocycles. The molecule has 0 fully saturated rings. The zero-order valence-corrected chi connectivity index (χ0v) is 21.4. The van der Waals surface area contributed by atoms with Crippen molar-refractivity contribution in [2.24, 2.45) is 5.18 Å². The van der Waals surface area contributed by atoms with E-state index in [-0.39, 0.29) is 10.9 Å². The number of hydrogen-bond acceptors (Lipinski definition) is 7. The molecule has 0 radical (unpaired) electrons. The van der Waals surface area contributed by atoms with Crippen LogP contribution in [-0.4, -0.2) is 25.2 Å². The number of rotatable bonds is 14. The Morgan fingerprint density at radius 1 is 1.06 bits per heavy atom. The summed E-state index contributed by atoms with van der Waals surface area (Å²) in [5.74, 6) is 1.97. The van der Waals surface area contributed by atoms with Crippen LogP contribution < -0.4 is 15.0 Å². The molecule has 0 saturated heterocycles. The molecule has 0 saturated carbocycles. The molecule has 0 aliphatic carbocycles. The van der Waals surface area contributed by atoms with Crippen LogP contribution in [0.1, 0.15) is 55.4 Å². The van der Waals surface area contributed by atoms with Gasteiger partial charge in [0.15, 0.2) is 0 Å². The molecule has 0 aliphatic heterocycles. The van der Waals surface area contributed by atoms with Gasteiger partial charge in [0.05, 0.1) is 30.7 Å². The van der Waals surface area contributed by atoms with Crippen LogP contribution in [0.15, 0.2) is 59.8 Å². The number of hydrogen-bond donors (Lipinski definition) is 2. The molecule has 7 heteroatoms. The Balaban J connectivity index is 2.03. The second-order valence-corrected chi connectivity index (χ2v) is 9.51. The molecule has 35 heavy (non-hydrogen) atoms. The van der Waals surface area contributed by atoms with Crippen LogP contribution in [0.5, 0.6) is 11.5 Å². The maximum Gasteiger partial charge on any atom is 0.133 e. The molecule has 3 rings (SSSR count). The van der Waals surface area contributed by atoms with E-state index in [1.165, 1.54) is 24.8 Å². The second-order valence-electron chi connectivity index (χ2n) is 8.27. The Morgan fingerprint density at radius 3 is 2.51 bits per heavy atom. The SMILES string of the molecule is CCCCCCC(SCC=Cc1ccccc1)c1cc(OC)c2c(NO)ccc(N=O)c2c1OC. The Morgan fingerprint density at radius 2 is 1.86 bits per heavy atom. The number of nitrogens with zero attached hydrogens (tertiary/aromatic N) is 1. The number of methoxy groups -OCH3 is 2. The van der Waals surface area contributed by atoms with Gasteiger partial charge in [0, 0.05) is 16.6 Å². The predicted molar refractivity (Wildman–Crippen MR) is 147 cm³/mol. The number of anilines is 1. The van der Waals surface area contributed by atoms with Crippen molar-refractivity contribution in [3.63, 3.8) is 0 Å². The van der Waals surface area contributed by atoms with Crippen molar-refractivity contribution in [3.05, 3.63) is 70.6 Å². The van der Waals surface area contributed by atoms with E-state index in [2.05, 4.69) is 41.9 Å². The van der Waals surface area contributed by atoms with Crippen LogP contribution in [0.25, 0.3) is 16.8 Å². The van der Waals surface area contributed by atoms with Gasteiger partial charge < -0.3 is 9.47 Å². The standard InChI is InChI=1S/C28H34N2O4S/c1-4-5-6-10-15-25(35-18-11-14-20-12-8-7-9-13-20)21-19-24(33-2)26-22(29-31)16-17-23(30-32)27(26)28(21)34-3/h7-9,11-14,16-17,19,25,29,31H,4-6,10,15,18H2,1-3H3. The molecule has 3 aromatic carbocycles. The molecule has 186 valence electrons. The maximum absolute atomic E-state index is 11.7. The van der Waals surface area contributed by atoms with Crippen molar-refractivity contribution < 1.29 is 14.7 Å². The molecule has 2 N–H and O–H groups in total. The third-order valence-corrected chi connectivity index (χ3v) is 7.30. The summed E-state index contributed by atoms with van der Waals surface area (Å²) in [4.78, 5) is 11.7. The van der Waals surface area contributed by atoms with Gasteiger partial charge in [-0.1, -0.05) is 75.1 Å². The number of unbranched alkanes of at least 4 members (excludes halogenated alkanes) is 3. The zero-order chi connectivity index (χ0) is 25.0. The fourth-order valence-electron chi connectivity index (χ4n) is 4.30. The Labute approximate surface area is 211 Å². The molecule has 3 aromatic rings.